The van der Waals surface area contributed by atoms with E-state index >= 15 is 0 Å². The molecule has 3 nitrogen and oxygen atoms in total. The minimum absolute atomic E-state index is 0.143. The van der Waals surface area contributed by atoms with Gasteiger partial charge in [-0.2, -0.15) is 0 Å². The molecule has 0 aliphatic rings. The van der Waals surface area contributed by atoms with Crippen molar-refractivity contribution >= 4 is 0 Å². The minimum atomic E-state index is -0.702. The summed E-state index contributed by atoms with van der Waals surface area (Å²) in [4.78, 5) is 0. The van der Waals surface area contributed by atoms with E-state index in [4.69, 9.17) is 10.2 Å². The van der Waals surface area contributed by atoms with Gasteiger partial charge in [0, 0.05) is 18.9 Å². The number of aliphatic hydroxyl groups is 1. The van der Waals surface area contributed by atoms with E-state index in [-0.39, 0.29) is 5.92 Å². The summed E-state index contributed by atoms with van der Waals surface area (Å²) in [7, 11) is 0. The van der Waals surface area contributed by atoms with Gasteiger partial charge in [0.15, 0.2) is 0 Å². The molecule has 0 fully saturated rings. The predicted molar refractivity (Wildman–Crippen MR) is 76.0 cm³/mol. The second kappa shape index (κ2) is 6.04. The Labute approximate surface area is 114 Å². The monoisotopic (exact) mass is 259 g/mol. The Morgan fingerprint density at radius 1 is 1.26 bits per heavy atom. The van der Waals surface area contributed by atoms with Crippen LogP contribution in [0.5, 0.6) is 0 Å². The Hall–Kier alpha value is -1.58. The minimum Gasteiger partial charge on any atom is -0.463 e. The van der Waals surface area contributed by atoms with Gasteiger partial charge in [-0.1, -0.05) is 36.8 Å². The van der Waals surface area contributed by atoms with Gasteiger partial charge in [0.2, 0.25) is 0 Å². The largest absolute Gasteiger partial charge is 0.463 e. The van der Waals surface area contributed by atoms with Gasteiger partial charge in [0.25, 0.3) is 0 Å². The van der Waals surface area contributed by atoms with Gasteiger partial charge < -0.3 is 15.3 Å². The van der Waals surface area contributed by atoms with Gasteiger partial charge in [-0.3, -0.25) is 0 Å². The standard InChI is InChI=1S/C16H21NO2/c1-3-13-7-8-15(19-13)16(18)14(10-17)12-6-4-5-11(2)9-12/h4-9,14,16,18H,3,10,17H2,1-2H3. The molecule has 0 saturated carbocycles. The highest BCUT2D eigenvalue weighted by Gasteiger charge is 2.24. The zero-order valence-corrected chi connectivity index (χ0v) is 11.5. The molecule has 1 heterocycles. The molecule has 2 unspecified atom stereocenters. The van der Waals surface area contributed by atoms with E-state index in [0.29, 0.717) is 12.3 Å². The molecule has 0 aliphatic carbocycles. The van der Waals surface area contributed by atoms with Gasteiger partial charge in [-0.15, -0.1) is 0 Å². The number of benzene rings is 1. The zero-order chi connectivity index (χ0) is 13.8. The molecule has 0 spiro atoms. The van der Waals surface area contributed by atoms with Crippen molar-refractivity contribution in [2.45, 2.75) is 32.3 Å². The molecule has 1 aromatic carbocycles. The van der Waals surface area contributed by atoms with Gasteiger partial charge in [-0.25, -0.2) is 0 Å². The highest BCUT2D eigenvalue weighted by molar-refractivity contribution is 5.28. The van der Waals surface area contributed by atoms with E-state index in [2.05, 4.69) is 6.07 Å². The van der Waals surface area contributed by atoms with E-state index in [0.717, 1.165) is 23.3 Å². The smallest absolute Gasteiger partial charge is 0.133 e. The number of furan rings is 1. The Bertz CT molecular complexity index is 533. The van der Waals surface area contributed by atoms with Gasteiger partial charge in [0.1, 0.15) is 17.6 Å². The predicted octanol–water partition coefficient (Wildman–Crippen LogP) is 2.93. The molecule has 0 radical (unpaired) electrons. The Morgan fingerprint density at radius 2 is 2.05 bits per heavy atom. The fraction of sp³-hybridized carbons (Fsp3) is 0.375. The number of hydrogen-bond donors (Lipinski definition) is 2. The molecule has 2 atom stereocenters. The Balaban J connectivity index is 2.26. The molecular weight excluding hydrogens is 238 g/mol. The Morgan fingerprint density at radius 3 is 2.63 bits per heavy atom. The molecule has 0 aliphatic heterocycles. The first-order valence-corrected chi connectivity index (χ1v) is 6.69. The van der Waals surface area contributed by atoms with Crippen LogP contribution in [0.3, 0.4) is 0 Å². The van der Waals surface area contributed by atoms with Crippen LogP contribution in [0.25, 0.3) is 0 Å². The van der Waals surface area contributed by atoms with Crippen molar-refractivity contribution < 1.29 is 9.52 Å². The molecule has 19 heavy (non-hydrogen) atoms. The summed E-state index contributed by atoms with van der Waals surface area (Å²) in [6.07, 6.45) is 0.122. The number of hydrogen-bond acceptors (Lipinski definition) is 3. The van der Waals surface area contributed by atoms with Crippen LogP contribution in [-0.2, 0) is 6.42 Å². The third-order valence-corrected chi connectivity index (χ3v) is 3.43. The van der Waals surface area contributed by atoms with Crippen LogP contribution in [0.1, 0.15) is 41.6 Å². The highest BCUT2D eigenvalue weighted by Crippen LogP contribution is 2.31. The summed E-state index contributed by atoms with van der Waals surface area (Å²) >= 11 is 0. The summed E-state index contributed by atoms with van der Waals surface area (Å²) in [6.45, 7) is 4.44. The van der Waals surface area contributed by atoms with Crippen LogP contribution in [0, 0.1) is 6.92 Å². The lowest BCUT2D eigenvalue weighted by atomic mass is 9.91. The molecule has 0 amide bonds. The molecule has 102 valence electrons. The number of aryl methyl sites for hydroxylation is 2. The van der Waals surface area contributed by atoms with Crippen molar-refractivity contribution in [3.63, 3.8) is 0 Å². The van der Waals surface area contributed by atoms with E-state index in [1.54, 1.807) is 0 Å². The molecular formula is C16H21NO2. The first-order chi connectivity index (χ1) is 9.15. The third-order valence-electron chi connectivity index (χ3n) is 3.43. The quantitative estimate of drug-likeness (QED) is 0.868. The third kappa shape index (κ3) is 3.06. The van der Waals surface area contributed by atoms with Gasteiger partial charge >= 0.3 is 0 Å². The van der Waals surface area contributed by atoms with Crippen LogP contribution in [0.2, 0.25) is 0 Å². The second-order valence-electron chi connectivity index (χ2n) is 4.86. The number of aliphatic hydroxyl groups excluding tert-OH is 1. The fourth-order valence-corrected chi connectivity index (χ4v) is 2.29. The van der Waals surface area contributed by atoms with Gasteiger partial charge in [-0.05, 0) is 24.6 Å². The molecule has 0 bridgehead atoms. The number of rotatable bonds is 5. The molecule has 3 N–H and O–H groups in total. The zero-order valence-electron chi connectivity index (χ0n) is 11.5. The average molecular weight is 259 g/mol. The molecule has 0 saturated heterocycles. The SMILES string of the molecule is CCc1ccc(C(O)C(CN)c2cccc(C)c2)o1. The first kappa shape index (κ1) is 13.8. The summed E-state index contributed by atoms with van der Waals surface area (Å²) in [5.41, 5.74) is 8.04. The topological polar surface area (TPSA) is 59.4 Å². The summed E-state index contributed by atoms with van der Waals surface area (Å²) in [5, 5.41) is 10.5. The summed E-state index contributed by atoms with van der Waals surface area (Å²) in [5.74, 6) is 1.33. The van der Waals surface area contributed by atoms with Crippen molar-refractivity contribution in [1.29, 1.82) is 0 Å². The van der Waals surface area contributed by atoms with Gasteiger partial charge in [0.05, 0.1) is 0 Å². The van der Waals surface area contributed by atoms with Crippen LogP contribution in [-0.4, -0.2) is 11.7 Å². The molecule has 2 rings (SSSR count). The first-order valence-electron chi connectivity index (χ1n) is 6.69. The van der Waals surface area contributed by atoms with Crippen molar-refractivity contribution in [2.75, 3.05) is 6.54 Å². The van der Waals surface area contributed by atoms with E-state index in [9.17, 15) is 5.11 Å². The molecule has 1 aromatic heterocycles. The average Bonchev–Trinajstić information content (AvgIpc) is 2.88. The van der Waals surface area contributed by atoms with E-state index in [1.807, 2.05) is 44.2 Å². The lowest BCUT2D eigenvalue weighted by Gasteiger charge is -2.20. The lowest BCUT2D eigenvalue weighted by molar-refractivity contribution is 0.120. The lowest BCUT2D eigenvalue weighted by Crippen LogP contribution is -2.20. The summed E-state index contributed by atoms with van der Waals surface area (Å²) in [6, 6.07) is 11.8. The van der Waals surface area contributed by atoms with Crippen molar-refractivity contribution in [1.82, 2.24) is 0 Å². The highest BCUT2D eigenvalue weighted by atomic mass is 16.4. The molecule has 3 heteroatoms. The molecule has 2 aromatic rings. The Kier molecular flexibility index (Phi) is 4.40. The van der Waals surface area contributed by atoms with E-state index in [1.165, 1.54) is 0 Å². The van der Waals surface area contributed by atoms with Crippen molar-refractivity contribution in [2.24, 2.45) is 5.73 Å². The second-order valence-corrected chi connectivity index (χ2v) is 4.86. The van der Waals surface area contributed by atoms with Crippen LogP contribution in [0.4, 0.5) is 0 Å². The maximum atomic E-state index is 10.5. The summed E-state index contributed by atoms with van der Waals surface area (Å²) < 4.78 is 5.62. The number of nitrogens with two attached hydrogens (primary N) is 1. The van der Waals surface area contributed by atoms with Crippen molar-refractivity contribution in [3.8, 4) is 0 Å². The van der Waals surface area contributed by atoms with Crippen molar-refractivity contribution in [3.05, 3.63) is 59.0 Å². The maximum Gasteiger partial charge on any atom is 0.133 e. The maximum absolute atomic E-state index is 10.5. The van der Waals surface area contributed by atoms with E-state index < -0.39 is 6.10 Å². The fourth-order valence-electron chi connectivity index (χ4n) is 2.29. The van der Waals surface area contributed by atoms with Crippen LogP contribution >= 0.6 is 0 Å². The normalized spacial score (nSPS) is 14.3. The van der Waals surface area contributed by atoms with Crippen LogP contribution < -0.4 is 5.73 Å². The van der Waals surface area contributed by atoms with Crippen LogP contribution in [0.15, 0.2) is 40.8 Å².